The van der Waals surface area contributed by atoms with Gasteiger partial charge in [-0.25, -0.2) is 0 Å². The lowest BCUT2D eigenvalue weighted by molar-refractivity contribution is -0.384. The van der Waals surface area contributed by atoms with E-state index in [0.717, 1.165) is 15.6 Å². The largest absolute Gasteiger partial charge is 0.490 e. The van der Waals surface area contributed by atoms with E-state index in [0.29, 0.717) is 37.5 Å². The summed E-state index contributed by atoms with van der Waals surface area (Å²) in [4.78, 5) is 25.6. The molecule has 0 atom stereocenters. The zero-order chi connectivity index (χ0) is 25.8. The van der Waals surface area contributed by atoms with Gasteiger partial charge in [0.15, 0.2) is 15.8 Å². The van der Waals surface area contributed by atoms with Gasteiger partial charge in [-0.15, -0.1) is 0 Å². The van der Waals surface area contributed by atoms with E-state index in [1.54, 1.807) is 24.3 Å². The molecule has 7 nitrogen and oxygen atoms in total. The Labute approximate surface area is 233 Å². The van der Waals surface area contributed by atoms with Crippen LogP contribution in [0.15, 0.2) is 74.5 Å². The van der Waals surface area contributed by atoms with E-state index in [9.17, 15) is 14.9 Å². The van der Waals surface area contributed by atoms with E-state index in [1.165, 1.54) is 28.8 Å². The molecule has 184 valence electrons. The van der Waals surface area contributed by atoms with Crippen molar-refractivity contribution in [2.75, 3.05) is 11.5 Å². The van der Waals surface area contributed by atoms with Crippen LogP contribution in [0.4, 0.5) is 11.4 Å². The first kappa shape index (κ1) is 26.3. The molecule has 11 heteroatoms. The van der Waals surface area contributed by atoms with Crippen LogP contribution in [0.1, 0.15) is 18.1 Å². The predicted molar refractivity (Wildman–Crippen MR) is 153 cm³/mol. The van der Waals surface area contributed by atoms with Gasteiger partial charge in [-0.05, 0) is 82.5 Å². The van der Waals surface area contributed by atoms with Crippen molar-refractivity contribution in [1.82, 2.24) is 0 Å². The molecule has 0 spiro atoms. The van der Waals surface area contributed by atoms with Crippen molar-refractivity contribution in [2.24, 2.45) is 0 Å². The third-order valence-corrected chi connectivity index (χ3v) is 7.40. The number of non-ortho nitro benzene ring substituents is 1. The van der Waals surface area contributed by atoms with E-state index in [2.05, 4.69) is 31.9 Å². The number of nitro groups is 1. The molecule has 0 saturated carbocycles. The molecule has 0 bridgehead atoms. The maximum Gasteiger partial charge on any atom is 0.270 e. The SMILES string of the molecule is CCOc1cc(/C=C2/SC(=S)N(c3cccc(Br)c3)C2=O)cc(Br)c1OCc1ccc([N+](=O)[O-])cc1. The summed E-state index contributed by atoms with van der Waals surface area (Å²) in [6.07, 6.45) is 1.77. The molecule has 3 aromatic rings. The Hall–Kier alpha value is -2.73. The smallest absolute Gasteiger partial charge is 0.270 e. The van der Waals surface area contributed by atoms with Gasteiger partial charge in [-0.1, -0.05) is 46.0 Å². The van der Waals surface area contributed by atoms with Crippen molar-refractivity contribution < 1.29 is 19.2 Å². The number of nitro benzene ring substituents is 1. The summed E-state index contributed by atoms with van der Waals surface area (Å²) in [7, 11) is 0. The maximum absolute atomic E-state index is 13.1. The van der Waals surface area contributed by atoms with Crippen molar-refractivity contribution >= 4 is 83.5 Å². The highest BCUT2D eigenvalue weighted by molar-refractivity contribution is 9.10. The lowest BCUT2D eigenvalue weighted by Crippen LogP contribution is -2.27. The minimum atomic E-state index is -0.445. The fourth-order valence-corrected chi connectivity index (χ4v) is 5.66. The van der Waals surface area contributed by atoms with Crippen LogP contribution in [0, 0.1) is 10.1 Å². The molecule has 4 rings (SSSR count). The number of carbonyl (C=O) groups is 1. The minimum absolute atomic E-state index is 0.0181. The average molecular weight is 650 g/mol. The topological polar surface area (TPSA) is 81.9 Å². The molecule has 0 unspecified atom stereocenters. The molecule has 0 N–H and O–H groups in total. The van der Waals surface area contributed by atoms with Crippen LogP contribution in [0.2, 0.25) is 0 Å². The number of ether oxygens (including phenoxy) is 2. The van der Waals surface area contributed by atoms with E-state index in [4.69, 9.17) is 21.7 Å². The van der Waals surface area contributed by atoms with Crippen molar-refractivity contribution in [3.63, 3.8) is 0 Å². The Bertz CT molecular complexity index is 1380. The van der Waals surface area contributed by atoms with Crippen molar-refractivity contribution in [2.45, 2.75) is 13.5 Å². The zero-order valence-corrected chi connectivity index (χ0v) is 23.6. The Morgan fingerprint density at radius 1 is 1.11 bits per heavy atom. The summed E-state index contributed by atoms with van der Waals surface area (Å²) in [6.45, 7) is 2.47. The Morgan fingerprint density at radius 2 is 1.86 bits per heavy atom. The van der Waals surface area contributed by atoms with E-state index < -0.39 is 4.92 Å². The number of rotatable bonds is 8. The summed E-state index contributed by atoms with van der Waals surface area (Å²) in [5, 5.41) is 10.9. The number of thiocarbonyl (C=S) groups is 1. The maximum atomic E-state index is 13.1. The first-order valence-electron chi connectivity index (χ1n) is 10.6. The molecule has 1 aliphatic heterocycles. The summed E-state index contributed by atoms with van der Waals surface area (Å²) in [6, 6.07) is 17.2. The van der Waals surface area contributed by atoms with Crippen LogP contribution in [-0.2, 0) is 11.4 Å². The lowest BCUT2D eigenvalue weighted by atomic mass is 10.1. The number of nitrogens with zero attached hydrogens (tertiary/aromatic N) is 2. The molecular formula is C25H18Br2N2O5S2. The Kier molecular flexibility index (Phi) is 8.45. The third-order valence-electron chi connectivity index (χ3n) is 5.02. The van der Waals surface area contributed by atoms with Crippen LogP contribution < -0.4 is 14.4 Å². The van der Waals surface area contributed by atoms with E-state index in [-0.39, 0.29) is 18.2 Å². The summed E-state index contributed by atoms with van der Waals surface area (Å²) >= 11 is 13.7. The monoisotopic (exact) mass is 648 g/mol. The molecular weight excluding hydrogens is 632 g/mol. The number of benzene rings is 3. The minimum Gasteiger partial charge on any atom is -0.490 e. The van der Waals surface area contributed by atoms with Gasteiger partial charge in [0.1, 0.15) is 6.61 Å². The molecule has 3 aromatic carbocycles. The Balaban J connectivity index is 1.57. The number of halogens is 2. The molecule has 0 radical (unpaired) electrons. The number of carbonyl (C=O) groups excluding carboxylic acids is 1. The van der Waals surface area contributed by atoms with Gasteiger partial charge < -0.3 is 9.47 Å². The molecule has 0 aromatic heterocycles. The quantitative estimate of drug-likeness (QED) is 0.108. The van der Waals surface area contributed by atoms with Crippen LogP contribution in [-0.4, -0.2) is 21.8 Å². The molecule has 1 heterocycles. The predicted octanol–water partition coefficient (Wildman–Crippen LogP) is 7.50. The highest BCUT2D eigenvalue weighted by Crippen LogP contribution is 2.41. The number of amides is 1. The van der Waals surface area contributed by atoms with E-state index >= 15 is 0 Å². The molecule has 1 fully saturated rings. The van der Waals surface area contributed by atoms with Crippen LogP contribution in [0.3, 0.4) is 0 Å². The second-order valence-electron chi connectivity index (χ2n) is 7.47. The standard InChI is InChI=1S/C25H18Br2N2O5S2/c1-2-33-21-11-16(10-20(27)23(21)34-14-15-6-8-18(9-7-15)29(31)32)12-22-24(30)28(25(35)36-22)19-5-3-4-17(26)13-19/h3-13H,2,14H2,1H3/b22-12+. The summed E-state index contributed by atoms with van der Waals surface area (Å²) in [5.74, 6) is 0.798. The first-order chi connectivity index (χ1) is 17.3. The van der Waals surface area contributed by atoms with Crippen LogP contribution in [0.25, 0.3) is 6.08 Å². The third kappa shape index (κ3) is 5.97. The highest BCUT2D eigenvalue weighted by Gasteiger charge is 2.33. The molecule has 0 aliphatic carbocycles. The Morgan fingerprint density at radius 3 is 2.53 bits per heavy atom. The number of anilines is 1. The summed E-state index contributed by atoms with van der Waals surface area (Å²) in [5.41, 5.74) is 2.23. The van der Waals surface area contributed by atoms with Crippen LogP contribution in [0.5, 0.6) is 11.5 Å². The van der Waals surface area contributed by atoms with Gasteiger partial charge in [0.05, 0.1) is 26.6 Å². The fraction of sp³-hybridized carbons (Fsp3) is 0.120. The fourth-order valence-electron chi connectivity index (χ4n) is 3.40. The average Bonchev–Trinajstić information content (AvgIpc) is 3.11. The van der Waals surface area contributed by atoms with Crippen molar-refractivity contribution in [1.29, 1.82) is 0 Å². The number of hydrogen-bond acceptors (Lipinski definition) is 7. The molecule has 1 saturated heterocycles. The van der Waals surface area contributed by atoms with Crippen molar-refractivity contribution in [3.8, 4) is 11.5 Å². The normalized spacial score (nSPS) is 14.4. The van der Waals surface area contributed by atoms with Gasteiger partial charge in [0, 0.05) is 16.6 Å². The summed E-state index contributed by atoms with van der Waals surface area (Å²) < 4.78 is 13.7. The second kappa shape index (κ2) is 11.5. The number of hydrogen-bond donors (Lipinski definition) is 0. The van der Waals surface area contributed by atoms with Crippen molar-refractivity contribution in [3.05, 3.63) is 95.8 Å². The molecule has 1 aliphatic rings. The lowest BCUT2D eigenvalue weighted by Gasteiger charge is -2.15. The molecule has 36 heavy (non-hydrogen) atoms. The van der Waals surface area contributed by atoms with Gasteiger partial charge >= 0.3 is 0 Å². The van der Waals surface area contributed by atoms with E-state index in [1.807, 2.05) is 37.3 Å². The molecule has 1 amide bonds. The van der Waals surface area contributed by atoms with Gasteiger partial charge in [-0.2, -0.15) is 0 Å². The highest BCUT2D eigenvalue weighted by atomic mass is 79.9. The van der Waals surface area contributed by atoms with Crippen LogP contribution >= 0.6 is 55.8 Å². The van der Waals surface area contributed by atoms with Gasteiger partial charge in [-0.3, -0.25) is 19.8 Å². The second-order valence-corrected chi connectivity index (χ2v) is 10.9. The number of thioether (sulfide) groups is 1. The van der Waals surface area contributed by atoms with Gasteiger partial charge in [0.2, 0.25) is 0 Å². The van der Waals surface area contributed by atoms with Gasteiger partial charge in [0.25, 0.3) is 11.6 Å². The zero-order valence-electron chi connectivity index (χ0n) is 18.8. The first-order valence-corrected chi connectivity index (χ1v) is 13.4.